The van der Waals surface area contributed by atoms with Crippen molar-refractivity contribution in [1.29, 1.82) is 0 Å². The Morgan fingerprint density at radius 2 is 1.41 bits per heavy atom. The number of rotatable bonds is 5. The van der Waals surface area contributed by atoms with Gasteiger partial charge in [-0.2, -0.15) is 0 Å². The average molecular weight is 392 g/mol. The monoisotopic (exact) mass is 392 g/mol. The van der Waals surface area contributed by atoms with Crippen LogP contribution in [0.5, 0.6) is 5.75 Å². The van der Waals surface area contributed by atoms with Gasteiger partial charge >= 0.3 is 0 Å². The second-order valence-electron chi connectivity index (χ2n) is 7.93. The summed E-state index contributed by atoms with van der Waals surface area (Å²) in [6, 6.07) is 15.3. The number of ketones is 1. The van der Waals surface area contributed by atoms with E-state index >= 15 is 0 Å². The van der Waals surface area contributed by atoms with Crippen molar-refractivity contribution in [2.24, 2.45) is 0 Å². The van der Waals surface area contributed by atoms with Crippen LogP contribution >= 0.6 is 0 Å². The zero-order chi connectivity index (χ0) is 20.2. The number of nitrogens with zero attached hydrogens (tertiary/aromatic N) is 2. The van der Waals surface area contributed by atoms with E-state index in [0.29, 0.717) is 24.8 Å². The number of amides is 1. The molecule has 4 rings (SSSR count). The molecular formula is C24H28N2O3. The molecule has 0 unspecified atom stereocenters. The first kappa shape index (κ1) is 19.5. The Kier molecular flexibility index (Phi) is 5.84. The summed E-state index contributed by atoms with van der Waals surface area (Å²) in [5, 5.41) is 0. The van der Waals surface area contributed by atoms with E-state index in [9.17, 15) is 9.59 Å². The van der Waals surface area contributed by atoms with Gasteiger partial charge in [0.1, 0.15) is 5.75 Å². The third kappa shape index (κ3) is 4.61. The summed E-state index contributed by atoms with van der Waals surface area (Å²) < 4.78 is 5.99. The molecule has 1 amide bonds. The lowest BCUT2D eigenvalue weighted by atomic mass is 10.1. The van der Waals surface area contributed by atoms with Gasteiger partial charge in [-0.05, 0) is 81.1 Å². The van der Waals surface area contributed by atoms with Gasteiger partial charge < -0.3 is 14.5 Å². The van der Waals surface area contributed by atoms with E-state index in [-0.39, 0.29) is 11.7 Å². The maximum absolute atomic E-state index is 12.8. The predicted molar refractivity (Wildman–Crippen MR) is 114 cm³/mol. The summed E-state index contributed by atoms with van der Waals surface area (Å²) in [4.78, 5) is 28.4. The second-order valence-corrected chi connectivity index (χ2v) is 7.93. The molecule has 0 spiro atoms. The van der Waals surface area contributed by atoms with Crippen LogP contribution in [0.3, 0.4) is 0 Å². The fourth-order valence-electron chi connectivity index (χ4n) is 4.13. The van der Waals surface area contributed by atoms with E-state index in [0.717, 1.165) is 42.9 Å². The van der Waals surface area contributed by atoms with Gasteiger partial charge in [-0.1, -0.05) is 0 Å². The van der Waals surface area contributed by atoms with E-state index < -0.39 is 0 Å². The number of benzene rings is 2. The molecule has 152 valence electrons. The van der Waals surface area contributed by atoms with Crippen molar-refractivity contribution in [3.8, 4) is 5.75 Å². The van der Waals surface area contributed by atoms with Gasteiger partial charge in [0, 0.05) is 43.0 Å². The van der Waals surface area contributed by atoms with Crippen molar-refractivity contribution in [1.82, 2.24) is 4.90 Å². The van der Waals surface area contributed by atoms with Gasteiger partial charge in [0.05, 0.1) is 6.10 Å². The Balaban J connectivity index is 1.32. The molecule has 0 atom stereocenters. The van der Waals surface area contributed by atoms with Crippen molar-refractivity contribution in [2.45, 2.75) is 38.7 Å². The van der Waals surface area contributed by atoms with Gasteiger partial charge in [0.15, 0.2) is 5.78 Å². The first-order valence-electron chi connectivity index (χ1n) is 10.5. The van der Waals surface area contributed by atoms with Crippen LogP contribution in [-0.4, -0.2) is 48.9 Å². The van der Waals surface area contributed by atoms with Crippen molar-refractivity contribution in [3.63, 3.8) is 0 Å². The lowest BCUT2D eigenvalue weighted by Crippen LogP contribution is -2.48. The van der Waals surface area contributed by atoms with E-state index in [1.165, 1.54) is 12.8 Å². The van der Waals surface area contributed by atoms with Gasteiger partial charge in [0.25, 0.3) is 5.91 Å². The zero-order valence-electron chi connectivity index (χ0n) is 17.0. The number of Topliss-reactive ketones (excluding diaryl/α,β-unsaturated/α-hetero) is 1. The summed E-state index contributed by atoms with van der Waals surface area (Å²) >= 11 is 0. The third-order valence-electron chi connectivity index (χ3n) is 5.91. The fraction of sp³-hybridized carbons (Fsp3) is 0.417. The highest BCUT2D eigenvalue weighted by Gasteiger charge is 2.23. The number of anilines is 1. The summed E-state index contributed by atoms with van der Waals surface area (Å²) in [5.74, 6) is 1.00. The standard InChI is InChI=1S/C24H28N2O3/c1-18(27)19-6-10-21(11-7-19)25-14-16-26(17-15-25)24(28)20-8-12-23(13-9-20)29-22-4-2-3-5-22/h6-13,22H,2-5,14-17H2,1H3. The van der Waals surface area contributed by atoms with Crippen LogP contribution in [0.25, 0.3) is 0 Å². The molecule has 1 aliphatic carbocycles. The van der Waals surface area contributed by atoms with Gasteiger partial charge in [-0.3, -0.25) is 9.59 Å². The topological polar surface area (TPSA) is 49.9 Å². The molecule has 29 heavy (non-hydrogen) atoms. The Labute approximate surface area is 172 Å². The molecule has 5 nitrogen and oxygen atoms in total. The molecule has 5 heteroatoms. The molecule has 0 aromatic heterocycles. The molecule has 1 saturated heterocycles. The van der Waals surface area contributed by atoms with Gasteiger partial charge in [-0.15, -0.1) is 0 Å². The highest BCUT2D eigenvalue weighted by Crippen LogP contribution is 2.25. The summed E-state index contributed by atoms with van der Waals surface area (Å²) in [7, 11) is 0. The summed E-state index contributed by atoms with van der Waals surface area (Å²) in [6.45, 7) is 4.52. The molecule has 0 N–H and O–H groups in total. The maximum atomic E-state index is 12.8. The summed E-state index contributed by atoms with van der Waals surface area (Å²) in [5.41, 5.74) is 2.53. The van der Waals surface area contributed by atoms with Crippen molar-refractivity contribution >= 4 is 17.4 Å². The number of carbonyl (C=O) groups excluding carboxylic acids is 2. The van der Waals surface area contributed by atoms with E-state index in [2.05, 4.69) is 4.90 Å². The quantitative estimate of drug-likeness (QED) is 0.717. The number of ether oxygens (including phenoxy) is 1. The minimum absolute atomic E-state index is 0.0731. The van der Waals surface area contributed by atoms with Crippen molar-refractivity contribution in [3.05, 3.63) is 59.7 Å². The van der Waals surface area contributed by atoms with Crippen LogP contribution in [0.2, 0.25) is 0 Å². The largest absolute Gasteiger partial charge is 0.490 e. The van der Waals surface area contributed by atoms with Crippen LogP contribution in [0, 0.1) is 0 Å². The molecule has 1 aliphatic heterocycles. The minimum atomic E-state index is 0.0731. The molecule has 1 heterocycles. The number of hydrogen-bond acceptors (Lipinski definition) is 4. The highest BCUT2D eigenvalue weighted by atomic mass is 16.5. The van der Waals surface area contributed by atoms with Gasteiger partial charge in [-0.25, -0.2) is 0 Å². The van der Waals surface area contributed by atoms with Crippen LogP contribution in [-0.2, 0) is 0 Å². The highest BCUT2D eigenvalue weighted by molar-refractivity contribution is 5.95. The Morgan fingerprint density at radius 1 is 0.828 bits per heavy atom. The fourth-order valence-corrected chi connectivity index (χ4v) is 4.13. The maximum Gasteiger partial charge on any atom is 0.253 e. The Bertz CT molecular complexity index is 847. The van der Waals surface area contributed by atoms with E-state index in [1.807, 2.05) is 53.4 Å². The van der Waals surface area contributed by atoms with E-state index in [4.69, 9.17) is 4.74 Å². The normalized spacial score (nSPS) is 17.4. The van der Waals surface area contributed by atoms with Crippen molar-refractivity contribution < 1.29 is 14.3 Å². The van der Waals surface area contributed by atoms with Crippen molar-refractivity contribution in [2.75, 3.05) is 31.1 Å². The molecule has 0 bridgehead atoms. The summed E-state index contributed by atoms with van der Waals surface area (Å²) in [6.07, 6.45) is 5.07. The Hall–Kier alpha value is -2.82. The minimum Gasteiger partial charge on any atom is -0.490 e. The zero-order valence-corrected chi connectivity index (χ0v) is 17.0. The lowest BCUT2D eigenvalue weighted by Gasteiger charge is -2.36. The third-order valence-corrected chi connectivity index (χ3v) is 5.91. The van der Waals surface area contributed by atoms with Crippen LogP contribution in [0.15, 0.2) is 48.5 Å². The van der Waals surface area contributed by atoms with Crippen LogP contribution in [0.1, 0.15) is 53.3 Å². The number of hydrogen-bond donors (Lipinski definition) is 0. The SMILES string of the molecule is CC(=O)c1ccc(N2CCN(C(=O)c3ccc(OC4CCCC4)cc3)CC2)cc1. The average Bonchev–Trinajstić information content (AvgIpc) is 3.27. The molecule has 2 aromatic rings. The van der Waals surface area contributed by atoms with Crippen LogP contribution < -0.4 is 9.64 Å². The molecule has 2 aliphatic rings. The molecule has 0 radical (unpaired) electrons. The van der Waals surface area contributed by atoms with Gasteiger partial charge in [0.2, 0.25) is 0 Å². The first-order chi connectivity index (χ1) is 14.1. The molecule has 2 aromatic carbocycles. The number of piperazine rings is 1. The predicted octanol–water partition coefficient (Wildman–Crippen LogP) is 4.17. The lowest BCUT2D eigenvalue weighted by molar-refractivity contribution is 0.0746. The smallest absolute Gasteiger partial charge is 0.253 e. The second kappa shape index (κ2) is 8.68. The molecular weight excluding hydrogens is 364 g/mol. The molecule has 2 fully saturated rings. The first-order valence-corrected chi connectivity index (χ1v) is 10.5. The van der Waals surface area contributed by atoms with Crippen LogP contribution in [0.4, 0.5) is 5.69 Å². The molecule has 1 saturated carbocycles. The number of carbonyl (C=O) groups is 2. The van der Waals surface area contributed by atoms with E-state index in [1.54, 1.807) is 6.92 Å². The Morgan fingerprint density at radius 3 is 2.00 bits per heavy atom.